The molecule has 5 heteroatoms. The second kappa shape index (κ2) is 6.01. The molecule has 108 valence electrons. The quantitative estimate of drug-likeness (QED) is 0.802. The summed E-state index contributed by atoms with van der Waals surface area (Å²) in [5, 5.41) is 0. The molecular formula is C16H18N4O. The Morgan fingerprint density at radius 1 is 1.05 bits per heavy atom. The van der Waals surface area contributed by atoms with Crippen molar-refractivity contribution in [3.05, 3.63) is 42.1 Å². The van der Waals surface area contributed by atoms with Gasteiger partial charge in [0.15, 0.2) is 12.1 Å². The molecule has 0 bridgehead atoms. The first-order valence-corrected chi connectivity index (χ1v) is 7.09. The molecule has 2 heterocycles. The summed E-state index contributed by atoms with van der Waals surface area (Å²) in [5.74, 6) is 1.44. The molecule has 1 aromatic heterocycles. The van der Waals surface area contributed by atoms with Gasteiger partial charge in [-0.2, -0.15) is 0 Å². The van der Waals surface area contributed by atoms with E-state index >= 15 is 0 Å². The summed E-state index contributed by atoms with van der Waals surface area (Å²) >= 11 is 0. The monoisotopic (exact) mass is 282 g/mol. The van der Waals surface area contributed by atoms with Crippen molar-refractivity contribution in [1.82, 2.24) is 14.9 Å². The summed E-state index contributed by atoms with van der Waals surface area (Å²) in [6.45, 7) is 3.84. The fourth-order valence-corrected chi connectivity index (χ4v) is 2.43. The van der Waals surface area contributed by atoms with Crippen LogP contribution < -0.4 is 4.90 Å². The number of hydrogen-bond acceptors (Lipinski definition) is 5. The van der Waals surface area contributed by atoms with E-state index in [1.807, 2.05) is 30.3 Å². The molecule has 0 saturated carbocycles. The Morgan fingerprint density at radius 3 is 2.43 bits per heavy atom. The summed E-state index contributed by atoms with van der Waals surface area (Å²) in [6.07, 6.45) is 0.785. The van der Waals surface area contributed by atoms with E-state index in [2.05, 4.69) is 26.8 Å². The fraction of sp³-hybridized carbons (Fsp3) is 0.312. The molecule has 3 rings (SSSR count). The molecule has 21 heavy (non-hydrogen) atoms. The highest BCUT2D eigenvalue weighted by molar-refractivity contribution is 5.75. The van der Waals surface area contributed by atoms with E-state index in [1.165, 1.54) is 0 Å². The van der Waals surface area contributed by atoms with Gasteiger partial charge in [0.2, 0.25) is 0 Å². The second-order valence-corrected chi connectivity index (χ2v) is 5.25. The van der Waals surface area contributed by atoms with Crippen LogP contribution in [0.2, 0.25) is 0 Å². The second-order valence-electron chi connectivity index (χ2n) is 5.25. The third-order valence-corrected chi connectivity index (χ3v) is 3.71. The molecule has 1 aliphatic rings. The highest BCUT2D eigenvalue weighted by Gasteiger charge is 2.17. The summed E-state index contributed by atoms with van der Waals surface area (Å²) in [4.78, 5) is 24.6. The maximum atomic E-state index is 11.2. The Bertz CT molecular complexity index is 621. The first kappa shape index (κ1) is 13.7. The number of carbonyl (C=O) groups excluding carboxylic acids is 1. The summed E-state index contributed by atoms with van der Waals surface area (Å²) in [7, 11) is 2.11. The number of anilines is 1. The van der Waals surface area contributed by atoms with E-state index in [4.69, 9.17) is 0 Å². The van der Waals surface area contributed by atoms with Crippen LogP contribution in [0.15, 0.2) is 36.4 Å². The summed E-state index contributed by atoms with van der Waals surface area (Å²) in [6, 6.07) is 11.5. The van der Waals surface area contributed by atoms with Crippen molar-refractivity contribution in [2.24, 2.45) is 0 Å². The van der Waals surface area contributed by atoms with E-state index in [1.54, 1.807) is 6.07 Å². The van der Waals surface area contributed by atoms with E-state index < -0.39 is 0 Å². The third-order valence-electron chi connectivity index (χ3n) is 3.71. The zero-order chi connectivity index (χ0) is 14.7. The van der Waals surface area contributed by atoms with Crippen LogP contribution in [0, 0.1) is 0 Å². The predicted octanol–water partition coefficient (Wildman–Crippen LogP) is 1.71. The summed E-state index contributed by atoms with van der Waals surface area (Å²) < 4.78 is 0. The van der Waals surface area contributed by atoms with E-state index in [-0.39, 0.29) is 0 Å². The standard InChI is InChI=1S/C16H18N4O/c1-19-7-9-20(10-8-19)15-11-14(12-21)17-16(18-15)13-5-3-2-4-6-13/h2-6,11-12H,7-10H2,1H3. The van der Waals surface area contributed by atoms with Gasteiger partial charge in [-0.05, 0) is 7.05 Å². The zero-order valence-electron chi connectivity index (χ0n) is 12.1. The van der Waals surface area contributed by atoms with Crippen molar-refractivity contribution in [2.75, 3.05) is 38.1 Å². The lowest BCUT2D eigenvalue weighted by molar-refractivity contribution is 0.111. The number of benzene rings is 1. The van der Waals surface area contributed by atoms with Gasteiger partial charge in [0, 0.05) is 37.8 Å². The number of aldehydes is 1. The first-order chi connectivity index (χ1) is 10.3. The molecule has 0 unspecified atom stereocenters. The highest BCUT2D eigenvalue weighted by atomic mass is 16.1. The fourth-order valence-electron chi connectivity index (χ4n) is 2.43. The number of likely N-dealkylation sites (N-methyl/N-ethyl adjacent to an activating group) is 1. The van der Waals surface area contributed by atoms with E-state index in [0.29, 0.717) is 11.5 Å². The van der Waals surface area contributed by atoms with Gasteiger partial charge in [-0.3, -0.25) is 4.79 Å². The van der Waals surface area contributed by atoms with E-state index in [0.717, 1.165) is 43.8 Å². The Kier molecular flexibility index (Phi) is 3.92. The molecular weight excluding hydrogens is 264 g/mol. The Labute approximate surface area is 124 Å². The number of nitrogens with zero attached hydrogens (tertiary/aromatic N) is 4. The number of carbonyl (C=O) groups is 1. The molecule has 0 N–H and O–H groups in total. The van der Waals surface area contributed by atoms with Gasteiger partial charge in [-0.1, -0.05) is 30.3 Å². The van der Waals surface area contributed by atoms with Gasteiger partial charge in [0.1, 0.15) is 11.5 Å². The van der Waals surface area contributed by atoms with Gasteiger partial charge in [-0.25, -0.2) is 9.97 Å². The Balaban J connectivity index is 1.96. The van der Waals surface area contributed by atoms with Crippen LogP contribution in [0.25, 0.3) is 11.4 Å². The van der Waals surface area contributed by atoms with Crippen molar-refractivity contribution in [3.8, 4) is 11.4 Å². The first-order valence-electron chi connectivity index (χ1n) is 7.09. The molecule has 1 aliphatic heterocycles. The molecule has 0 spiro atoms. The molecule has 0 aliphatic carbocycles. The number of piperazine rings is 1. The largest absolute Gasteiger partial charge is 0.354 e. The molecule has 1 aromatic carbocycles. The molecule has 1 saturated heterocycles. The minimum absolute atomic E-state index is 0.429. The lowest BCUT2D eigenvalue weighted by Crippen LogP contribution is -2.44. The number of hydrogen-bond donors (Lipinski definition) is 0. The lowest BCUT2D eigenvalue weighted by Gasteiger charge is -2.33. The molecule has 5 nitrogen and oxygen atoms in total. The van der Waals surface area contributed by atoms with Crippen molar-refractivity contribution < 1.29 is 4.79 Å². The van der Waals surface area contributed by atoms with Crippen molar-refractivity contribution in [2.45, 2.75) is 0 Å². The smallest absolute Gasteiger partial charge is 0.168 e. The molecule has 2 aromatic rings. The van der Waals surface area contributed by atoms with Crippen LogP contribution in [0.1, 0.15) is 10.5 Å². The minimum atomic E-state index is 0.429. The SMILES string of the molecule is CN1CCN(c2cc(C=O)nc(-c3ccccc3)n2)CC1. The van der Waals surface area contributed by atoms with Crippen LogP contribution in [0.5, 0.6) is 0 Å². The van der Waals surface area contributed by atoms with Gasteiger partial charge in [0.05, 0.1) is 0 Å². The maximum Gasteiger partial charge on any atom is 0.168 e. The van der Waals surface area contributed by atoms with Gasteiger partial charge < -0.3 is 9.80 Å². The zero-order valence-corrected chi connectivity index (χ0v) is 12.1. The van der Waals surface area contributed by atoms with E-state index in [9.17, 15) is 4.79 Å². The maximum absolute atomic E-state index is 11.2. The molecule has 0 atom stereocenters. The predicted molar refractivity (Wildman–Crippen MR) is 82.6 cm³/mol. The highest BCUT2D eigenvalue weighted by Crippen LogP contribution is 2.20. The Hall–Kier alpha value is -2.27. The third kappa shape index (κ3) is 3.08. The van der Waals surface area contributed by atoms with Crippen LogP contribution in [-0.2, 0) is 0 Å². The number of rotatable bonds is 3. The van der Waals surface area contributed by atoms with Crippen molar-refractivity contribution in [3.63, 3.8) is 0 Å². The molecule has 0 radical (unpaired) electrons. The molecule has 1 fully saturated rings. The van der Waals surface area contributed by atoms with Crippen LogP contribution in [0.4, 0.5) is 5.82 Å². The number of aromatic nitrogens is 2. The van der Waals surface area contributed by atoms with Crippen molar-refractivity contribution in [1.29, 1.82) is 0 Å². The average molecular weight is 282 g/mol. The average Bonchev–Trinajstić information content (AvgIpc) is 2.56. The Morgan fingerprint density at radius 2 is 1.76 bits per heavy atom. The summed E-state index contributed by atoms with van der Waals surface area (Å²) in [5.41, 5.74) is 1.36. The molecule has 0 amide bonds. The van der Waals surface area contributed by atoms with Gasteiger partial charge in [0.25, 0.3) is 0 Å². The minimum Gasteiger partial charge on any atom is -0.354 e. The topological polar surface area (TPSA) is 49.3 Å². The normalized spacial score (nSPS) is 16.0. The lowest BCUT2D eigenvalue weighted by atomic mass is 10.2. The van der Waals surface area contributed by atoms with Gasteiger partial charge >= 0.3 is 0 Å². The van der Waals surface area contributed by atoms with Crippen LogP contribution in [0.3, 0.4) is 0 Å². The van der Waals surface area contributed by atoms with Crippen molar-refractivity contribution >= 4 is 12.1 Å². The van der Waals surface area contributed by atoms with Gasteiger partial charge in [-0.15, -0.1) is 0 Å². The van der Waals surface area contributed by atoms with Crippen LogP contribution in [-0.4, -0.2) is 54.4 Å². The van der Waals surface area contributed by atoms with Crippen LogP contribution >= 0.6 is 0 Å².